The van der Waals surface area contributed by atoms with Crippen molar-refractivity contribution in [1.29, 1.82) is 0 Å². The van der Waals surface area contributed by atoms with Crippen LogP contribution < -0.4 is 5.73 Å². The second-order valence-corrected chi connectivity index (χ2v) is 4.86. The zero-order valence-corrected chi connectivity index (χ0v) is 11.7. The van der Waals surface area contributed by atoms with E-state index in [1.807, 2.05) is 0 Å². The molecule has 0 bridgehead atoms. The number of fused-ring (bicyclic) bond motifs is 1. The van der Waals surface area contributed by atoms with Crippen molar-refractivity contribution in [1.82, 2.24) is 15.2 Å². The maximum absolute atomic E-state index is 11.8. The second kappa shape index (κ2) is 5.33. The molecule has 1 amide bonds. The third-order valence-electron chi connectivity index (χ3n) is 3.38. The van der Waals surface area contributed by atoms with Gasteiger partial charge in [0, 0.05) is 17.7 Å². The van der Waals surface area contributed by atoms with E-state index in [4.69, 9.17) is 5.73 Å². The van der Waals surface area contributed by atoms with Crippen LogP contribution in [0.15, 0.2) is 43.0 Å². The molecule has 3 rings (SSSR count). The number of aromatic nitrogens is 3. The highest BCUT2D eigenvalue weighted by molar-refractivity contribution is 6.06. The van der Waals surface area contributed by atoms with Crippen molar-refractivity contribution in [3.8, 4) is 17.0 Å². The number of phenolic OH excluding ortho intramolecular Hbond substituents is 1. The molecule has 0 unspecified atom stereocenters. The molecule has 0 saturated carbocycles. The Hall–Kier alpha value is -3.15. The third-order valence-corrected chi connectivity index (χ3v) is 3.38. The average molecular weight is 294 g/mol. The van der Waals surface area contributed by atoms with Crippen LogP contribution in [0.25, 0.3) is 22.3 Å². The SMILES string of the molecule is C=CCc1[nH]nc2nc(-c3ccc(O)cc3)cc(C(N)=O)c12. The number of benzene rings is 1. The third kappa shape index (κ3) is 2.31. The molecular formula is C16H14N4O2. The Kier molecular flexibility index (Phi) is 3.34. The number of nitrogens with one attached hydrogen (secondary N) is 1. The zero-order chi connectivity index (χ0) is 15.7. The van der Waals surface area contributed by atoms with Crippen molar-refractivity contribution in [2.24, 2.45) is 5.73 Å². The van der Waals surface area contributed by atoms with Crippen LogP contribution in [0.5, 0.6) is 5.75 Å². The number of pyridine rings is 1. The summed E-state index contributed by atoms with van der Waals surface area (Å²) in [4.78, 5) is 16.2. The van der Waals surface area contributed by atoms with Crippen molar-refractivity contribution in [2.75, 3.05) is 0 Å². The minimum Gasteiger partial charge on any atom is -0.508 e. The molecular weight excluding hydrogens is 280 g/mol. The minimum absolute atomic E-state index is 0.160. The van der Waals surface area contributed by atoms with Gasteiger partial charge in [-0.15, -0.1) is 6.58 Å². The van der Waals surface area contributed by atoms with E-state index in [9.17, 15) is 9.90 Å². The first-order chi connectivity index (χ1) is 10.6. The van der Waals surface area contributed by atoms with E-state index in [1.54, 1.807) is 36.4 Å². The van der Waals surface area contributed by atoms with Gasteiger partial charge >= 0.3 is 0 Å². The summed E-state index contributed by atoms with van der Waals surface area (Å²) in [5, 5.41) is 17.0. The van der Waals surface area contributed by atoms with Crippen molar-refractivity contribution in [2.45, 2.75) is 6.42 Å². The normalized spacial score (nSPS) is 10.7. The number of carbonyl (C=O) groups is 1. The molecule has 6 nitrogen and oxygen atoms in total. The second-order valence-electron chi connectivity index (χ2n) is 4.86. The predicted octanol–water partition coefficient (Wildman–Crippen LogP) is 2.16. The summed E-state index contributed by atoms with van der Waals surface area (Å²) in [6.07, 6.45) is 2.25. The fourth-order valence-corrected chi connectivity index (χ4v) is 2.35. The molecule has 0 aliphatic heterocycles. The van der Waals surface area contributed by atoms with Crippen LogP contribution in [0.2, 0.25) is 0 Å². The Morgan fingerprint density at radius 2 is 2.09 bits per heavy atom. The molecule has 3 aromatic rings. The van der Waals surface area contributed by atoms with Gasteiger partial charge in [-0.25, -0.2) is 4.98 Å². The van der Waals surface area contributed by atoms with Crippen LogP contribution in [0.3, 0.4) is 0 Å². The van der Waals surface area contributed by atoms with Crippen LogP contribution in [0.1, 0.15) is 16.1 Å². The summed E-state index contributed by atoms with van der Waals surface area (Å²) in [5.41, 5.74) is 8.37. The Morgan fingerprint density at radius 1 is 1.36 bits per heavy atom. The molecule has 1 aromatic carbocycles. The number of rotatable bonds is 4. The quantitative estimate of drug-likeness (QED) is 0.641. The lowest BCUT2D eigenvalue weighted by Crippen LogP contribution is -2.12. The minimum atomic E-state index is -0.542. The van der Waals surface area contributed by atoms with E-state index in [-0.39, 0.29) is 5.75 Å². The van der Waals surface area contributed by atoms with Crippen molar-refractivity contribution >= 4 is 16.9 Å². The summed E-state index contributed by atoms with van der Waals surface area (Å²) in [7, 11) is 0. The first-order valence-electron chi connectivity index (χ1n) is 6.68. The highest BCUT2D eigenvalue weighted by Gasteiger charge is 2.17. The molecule has 0 fully saturated rings. The fraction of sp³-hybridized carbons (Fsp3) is 0.0625. The van der Waals surface area contributed by atoms with Gasteiger partial charge in [-0.2, -0.15) is 5.10 Å². The van der Waals surface area contributed by atoms with Gasteiger partial charge in [-0.05, 0) is 30.3 Å². The van der Waals surface area contributed by atoms with E-state index in [1.165, 1.54) is 0 Å². The summed E-state index contributed by atoms with van der Waals surface area (Å²) in [6.45, 7) is 3.68. The maximum Gasteiger partial charge on any atom is 0.249 e. The largest absolute Gasteiger partial charge is 0.508 e. The van der Waals surface area contributed by atoms with Crippen molar-refractivity contribution < 1.29 is 9.90 Å². The summed E-state index contributed by atoms with van der Waals surface area (Å²) in [5.74, 6) is -0.382. The van der Waals surface area contributed by atoms with Gasteiger partial charge in [-0.1, -0.05) is 6.08 Å². The summed E-state index contributed by atoms with van der Waals surface area (Å²) in [6, 6.07) is 8.17. The smallest absolute Gasteiger partial charge is 0.249 e. The molecule has 0 aliphatic rings. The predicted molar refractivity (Wildman–Crippen MR) is 83.4 cm³/mol. The van der Waals surface area contributed by atoms with E-state index in [0.29, 0.717) is 28.7 Å². The highest BCUT2D eigenvalue weighted by atomic mass is 16.3. The topological polar surface area (TPSA) is 105 Å². The first kappa shape index (κ1) is 13.8. The molecule has 22 heavy (non-hydrogen) atoms. The van der Waals surface area contributed by atoms with Crippen LogP contribution in [0.4, 0.5) is 0 Å². The standard InChI is InChI=1S/C16H14N4O2/c1-2-3-12-14-11(15(17)22)8-13(18-16(14)20-19-12)9-4-6-10(21)7-5-9/h2,4-8,21H,1,3H2,(H2,17,22)(H,18,19,20). The molecule has 0 spiro atoms. The Morgan fingerprint density at radius 3 is 2.73 bits per heavy atom. The van der Waals surface area contributed by atoms with Gasteiger partial charge in [0.25, 0.3) is 0 Å². The van der Waals surface area contributed by atoms with E-state index < -0.39 is 5.91 Å². The average Bonchev–Trinajstić information content (AvgIpc) is 2.90. The number of primary amides is 1. The number of amides is 1. The molecule has 2 heterocycles. The van der Waals surface area contributed by atoms with Crippen molar-refractivity contribution in [3.63, 3.8) is 0 Å². The van der Waals surface area contributed by atoms with Gasteiger partial charge in [0.1, 0.15) is 5.75 Å². The summed E-state index contributed by atoms with van der Waals surface area (Å²) >= 11 is 0. The lowest BCUT2D eigenvalue weighted by atomic mass is 10.0. The molecule has 0 saturated heterocycles. The Bertz CT molecular complexity index is 866. The Labute approximate surface area is 126 Å². The highest BCUT2D eigenvalue weighted by Crippen LogP contribution is 2.27. The lowest BCUT2D eigenvalue weighted by Gasteiger charge is -2.05. The van der Waals surface area contributed by atoms with Gasteiger partial charge in [0.05, 0.1) is 16.6 Å². The monoisotopic (exact) mass is 294 g/mol. The Balaban J connectivity index is 2.24. The van der Waals surface area contributed by atoms with Gasteiger partial charge in [0.15, 0.2) is 5.65 Å². The van der Waals surface area contributed by atoms with Crippen LogP contribution >= 0.6 is 0 Å². The number of H-pyrrole nitrogens is 1. The molecule has 0 radical (unpaired) electrons. The fourth-order valence-electron chi connectivity index (χ4n) is 2.35. The number of nitrogens with zero attached hydrogens (tertiary/aromatic N) is 2. The molecule has 6 heteroatoms. The van der Waals surface area contributed by atoms with Gasteiger partial charge < -0.3 is 10.8 Å². The van der Waals surface area contributed by atoms with Crippen LogP contribution in [-0.2, 0) is 6.42 Å². The lowest BCUT2D eigenvalue weighted by molar-refractivity contribution is 0.100. The number of hydrogen-bond acceptors (Lipinski definition) is 4. The molecule has 110 valence electrons. The van der Waals surface area contributed by atoms with E-state index in [2.05, 4.69) is 21.8 Å². The van der Waals surface area contributed by atoms with Gasteiger partial charge in [-0.3, -0.25) is 9.89 Å². The first-order valence-corrected chi connectivity index (χ1v) is 6.68. The van der Waals surface area contributed by atoms with E-state index in [0.717, 1.165) is 11.3 Å². The van der Waals surface area contributed by atoms with Gasteiger partial charge in [0.2, 0.25) is 5.91 Å². The maximum atomic E-state index is 11.8. The molecule has 2 aromatic heterocycles. The number of nitrogens with two attached hydrogens (primary N) is 1. The number of carbonyl (C=O) groups excluding carboxylic acids is 1. The van der Waals surface area contributed by atoms with Crippen molar-refractivity contribution in [3.05, 3.63) is 54.2 Å². The van der Waals surface area contributed by atoms with E-state index >= 15 is 0 Å². The van der Waals surface area contributed by atoms with Crippen LogP contribution in [0, 0.1) is 0 Å². The summed E-state index contributed by atoms with van der Waals surface area (Å²) < 4.78 is 0. The van der Waals surface area contributed by atoms with Crippen LogP contribution in [-0.4, -0.2) is 26.2 Å². The molecule has 4 N–H and O–H groups in total. The number of aromatic amines is 1. The number of aromatic hydroxyl groups is 1. The number of hydrogen-bond donors (Lipinski definition) is 3. The number of phenols is 1. The number of allylic oxidation sites excluding steroid dienone is 1. The molecule has 0 atom stereocenters. The zero-order valence-electron chi connectivity index (χ0n) is 11.7. The molecule has 0 aliphatic carbocycles.